The molecule has 0 radical (unpaired) electrons. The number of nitrogen functional groups attached to an aromatic ring is 1. The summed E-state index contributed by atoms with van der Waals surface area (Å²) >= 11 is 1.43. The van der Waals surface area contributed by atoms with Crippen LogP contribution in [0.1, 0.15) is 54.0 Å². The number of thiophene rings is 1. The molecule has 39 heavy (non-hydrogen) atoms. The number of nitriles is 1. The molecule has 1 amide bonds. The molecule has 4 aliphatic rings. The molecule has 3 aliphatic heterocycles. The molecule has 6 N–H and O–H groups in total. The fraction of sp³-hybridized carbons (Fsp3) is 0.607. The number of amides is 1. The van der Waals surface area contributed by atoms with Crippen molar-refractivity contribution in [2.24, 2.45) is 11.1 Å². The van der Waals surface area contributed by atoms with E-state index in [1.54, 1.807) is 0 Å². The number of likely N-dealkylation sites (N-methyl/N-ethyl adjacent to an activating group) is 1. The van der Waals surface area contributed by atoms with E-state index in [1.165, 1.54) is 17.8 Å². The highest BCUT2D eigenvalue weighted by Crippen LogP contribution is 2.46. The number of aryl methyl sites for hydroxylation is 1. The van der Waals surface area contributed by atoms with Gasteiger partial charge in [0.1, 0.15) is 23.1 Å². The number of carbonyl (C=O) groups excluding carboxylic acids is 1. The van der Waals surface area contributed by atoms with Crippen LogP contribution in [0.2, 0.25) is 0 Å². The molecular formula is C28H39N9OS. The van der Waals surface area contributed by atoms with Gasteiger partial charge in [-0.15, -0.1) is 11.3 Å². The molecule has 2 aromatic heterocycles. The fourth-order valence-electron chi connectivity index (χ4n) is 6.68. The minimum Gasteiger partial charge on any atom is -0.389 e. The molecule has 6 rings (SSSR count). The topological polar surface area (TPSA) is 140 Å². The Bertz CT molecular complexity index is 1310. The predicted octanol–water partition coefficient (Wildman–Crippen LogP) is 1.52. The van der Waals surface area contributed by atoms with Crippen LogP contribution in [0, 0.1) is 16.7 Å². The van der Waals surface area contributed by atoms with Crippen molar-refractivity contribution >= 4 is 33.8 Å². The Kier molecular flexibility index (Phi) is 6.70. The van der Waals surface area contributed by atoms with Crippen LogP contribution >= 0.6 is 11.3 Å². The number of piperazine rings is 1. The zero-order chi connectivity index (χ0) is 27.4. The number of hydrogen-bond acceptors (Lipinski definition) is 10. The molecule has 5 heterocycles. The van der Waals surface area contributed by atoms with Crippen LogP contribution in [-0.2, 0) is 16.6 Å². The van der Waals surface area contributed by atoms with E-state index >= 15 is 0 Å². The van der Waals surface area contributed by atoms with Crippen LogP contribution < -0.4 is 31.9 Å². The summed E-state index contributed by atoms with van der Waals surface area (Å²) in [5.74, 6) is 0.732. The Hall–Kier alpha value is -2.91. The highest BCUT2D eigenvalue weighted by molar-refractivity contribution is 7.16. The first-order chi connectivity index (χ1) is 18.7. The van der Waals surface area contributed by atoms with Crippen LogP contribution in [0.15, 0.2) is 12.1 Å². The number of anilines is 3. The van der Waals surface area contributed by atoms with Crippen LogP contribution in [0.3, 0.4) is 0 Å². The second-order valence-electron chi connectivity index (χ2n) is 12.1. The second kappa shape index (κ2) is 9.93. The van der Waals surface area contributed by atoms with Gasteiger partial charge in [0.05, 0.1) is 16.7 Å². The Balaban J connectivity index is 1.29. The molecule has 0 saturated carbocycles. The molecular weight excluding hydrogens is 510 g/mol. The summed E-state index contributed by atoms with van der Waals surface area (Å²) in [5, 5.41) is 16.8. The summed E-state index contributed by atoms with van der Waals surface area (Å²) in [6, 6.07) is 6.48. The standard InChI is InChI=1S/C28H39N9OS/c1-27(5-3-4-21-23(27)19(14-29)25(31)39-21)26(38)34-24(30)20-12-18(37-7-6-28(17-37)15-32-16-28)13-22(33-20)36-10-8-35(2)9-11-36/h12-13,24,32H,3-11,15-17,30-31H2,1-2H3,(H,34,38). The van der Waals surface area contributed by atoms with Crippen molar-refractivity contribution in [2.75, 3.05) is 74.9 Å². The first-order valence-corrected chi connectivity index (χ1v) is 14.8. The van der Waals surface area contributed by atoms with E-state index in [4.69, 9.17) is 16.5 Å². The van der Waals surface area contributed by atoms with Gasteiger partial charge < -0.3 is 36.8 Å². The maximum atomic E-state index is 13.8. The lowest BCUT2D eigenvalue weighted by atomic mass is 9.72. The van der Waals surface area contributed by atoms with Crippen molar-refractivity contribution in [3.8, 4) is 6.07 Å². The van der Waals surface area contributed by atoms with Crippen LogP contribution in [0.4, 0.5) is 16.5 Å². The molecule has 0 bridgehead atoms. The van der Waals surface area contributed by atoms with E-state index < -0.39 is 11.6 Å². The molecule has 208 valence electrons. The molecule has 3 saturated heterocycles. The Labute approximate surface area is 234 Å². The van der Waals surface area contributed by atoms with Crippen molar-refractivity contribution < 1.29 is 4.79 Å². The lowest BCUT2D eigenvalue weighted by Crippen LogP contribution is -2.54. The molecule has 10 nitrogen and oxygen atoms in total. The summed E-state index contributed by atoms with van der Waals surface area (Å²) < 4.78 is 0. The van der Waals surface area contributed by atoms with E-state index in [-0.39, 0.29) is 5.91 Å². The second-order valence-corrected chi connectivity index (χ2v) is 13.2. The number of carbonyl (C=O) groups is 1. The summed E-state index contributed by atoms with van der Waals surface area (Å²) in [6.07, 6.45) is 2.76. The predicted molar refractivity (Wildman–Crippen MR) is 155 cm³/mol. The largest absolute Gasteiger partial charge is 0.389 e. The highest BCUT2D eigenvalue weighted by Gasteiger charge is 2.44. The van der Waals surface area contributed by atoms with E-state index in [0.29, 0.717) is 28.1 Å². The Morgan fingerprint density at radius 2 is 1.97 bits per heavy atom. The molecule has 3 fully saturated rings. The summed E-state index contributed by atoms with van der Waals surface area (Å²) in [6.45, 7) is 9.84. The maximum absolute atomic E-state index is 13.8. The van der Waals surface area contributed by atoms with Crippen molar-refractivity contribution in [1.82, 2.24) is 20.5 Å². The minimum absolute atomic E-state index is 0.181. The smallest absolute Gasteiger partial charge is 0.231 e. The van der Waals surface area contributed by atoms with Gasteiger partial charge in [0, 0.05) is 80.0 Å². The Morgan fingerprint density at radius 3 is 2.64 bits per heavy atom. The van der Waals surface area contributed by atoms with Crippen molar-refractivity contribution in [3.05, 3.63) is 33.8 Å². The van der Waals surface area contributed by atoms with E-state index in [0.717, 1.165) is 87.1 Å². The first-order valence-electron chi connectivity index (χ1n) is 14.0. The van der Waals surface area contributed by atoms with Gasteiger partial charge >= 0.3 is 0 Å². The summed E-state index contributed by atoms with van der Waals surface area (Å²) in [5.41, 5.74) is 15.4. The van der Waals surface area contributed by atoms with Gasteiger partial charge in [-0.05, 0) is 45.7 Å². The van der Waals surface area contributed by atoms with Gasteiger partial charge in [-0.1, -0.05) is 0 Å². The van der Waals surface area contributed by atoms with Gasteiger partial charge in [0.15, 0.2) is 0 Å². The number of fused-ring (bicyclic) bond motifs is 1. The third kappa shape index (κ3) is 4.63. The monoisotopic (exact) mass is 549 g/mol. The lowest BCUT2D eigenvalue weighted by molar-refractivity contribution is -0.127. The molecule has 1 aliphatic carbocycles. The summed E-state index contributed by atoms with van der Waals surface area (Å²) in [7, 11) is 2.14. The number of aromatic nitrogens is 1. The zero-order valence-corrected chi connectivity index (χ0v) is 23.7. The van der Waals surface area contributed by atoms with Crippen molar-refractivity contribution in [1.29, 1.82) is 5.26 Å². The molecule has 2 atom stereocenters. The quantitative estimate of drug-likeness (QED) is 0.409. The number of nitrogens with one attached hydrogen (secondary N) is 2. The molecule has 1 spiro atoms. The average Bonchev–Trinajstić information content (AvgIpc) is 3.51. The fourth-order valence-corrected chi connectivity index (χ4v) is 7.87. The number of nitrogens with zero attached hydrogens (tertiary/aromatic N) is 5. The van der Waals surface area contributed by atoms with Crippen LogP contribution in [0.5, 0.6) is 0 Å². The van der Waals surface area contributed by atoms with Crippen LogP contribution in [0.25, 0.3) is 0 Å². The van der Waals surface area contributed by atoms with E-state index in [9.17, 15) is 10.1 Å². The SMILES string of the molecule is CN1CCN(c2cc(N3CCC4(CNC4)C3)cc(C(N)NC(=O)C3(C)CCCc4sc(N)c(C#N)c43)n2)CC1. The van der Waals surface area contributed by atoms with E-state index in [2.05, 4.69) is 44.5 Å². The van der Waals surface area contributed by atoms with Gasteiger partial charge in [-0.3, -0.25) is 4.79 Å². The number of pyridine rings is 1. The van der Waals surface area contributed by atoms with Crippen molar-refractivity contribution in [3.63, 3.8) is 0 Å². The van der Waals surface area contributed by atoms with Crippen molar-refractivity contribution in [2.45, 2.75) is 44.2 Å². The van der Waals surface area contributed by atoms with Crippen LogP contribution in [-0.4, -0.2) is 75.2 Å². The van der Waals surface area contributed by atoms with Gasteiger partial charge in [0.25, 0.3) is 0 Å². The molecule has 2 unspecified atom stereocenters. The maximum Gasteiger partial charge on any atom is 0.231 e. The highest BCUT2D eigenvalue weighted by atomic mass is 32.1. The normalized spacial score (nSPS) is 25.2. The van der Waals surface area contributed by atoms with Gasteiger partial charge in [-0.25, -0.2) is 4.98 Å². The molecule has 2 aromatic rings. The number of rotatable bonds is 5. The molecule has 0 aromatic carbocycles. The molecule has 11 heteroatoms. The van der Waals surface area contributed by atoms with E-state index in [1.807, 2.05) is 13.0 Å². The first kappa shape index (κ1) is 26.3. The zero-order valence-electron chi connectivity index (χ0n) is 22.9. The number of hydrogen-bond donors (Lipinski definition) is 4. The lowest BCUT2D eigenvalue weighted by Gasteiger charge is -2.39. The number of nitrogens with two attached hydrogens (primary N) is 2. The summed E-state index contributed by atoms with van der Waals surface area (Å²) in [4.78, 5) is 27.0. The van der Waals surface area contributed by atoms with Gasteiger partial charge in [-0.2, -0.15) is 5.26 Å². The minimum atomic E-state index is -0.860. The third-order valence-corrected chi connectivity index (χ3v) is 10.4. The third-order valence-electron chi connectivity index (χ3n) is 9.31. The average molecular weight is 550 g/mol. The Morgan fingerprint density at radius 1 is 1.21 bits per heavy atom. The van der Waals surface area contributed by atoms with Gasteiger partial charge in [0.2, 0.25) is 5.91 Å².